The molecule has 0 spiro atoms. The Morgan fingerprint density at radius 2 is 2.21 bits per heavy atom. The summed E-state index contributed by atoms with van der Waals surface area (Å²) >= 11 is 0. The van der Waals surface area contributed by atoms with Crippen molar-refractivity contribution in [2.45, 2.75) is 51.9 Å². The molecule has 0 unspecified atom stereocenters. The van der Waals surface area contributed by atoms with E-state index >= 15 is 0 Å². The zero-order chi connectivity index (χ0) is 13.7. The zero-order valence-corrected chi connectivity index (χ0v) is 11.6. The van der Waals surface area contributed by atoms with Crippen molar-refractivity contribution in [3.05, 3.63) is 6.20 Å². The maximum Gasteiger partial charge on any atom is 0.228 e. The number of carbonyl (C=O) groups excluding carboxylic acids is 1. The lowest BCUT2D eigenvalue weighted by Gasteiger charge is -2.27. The Balaban J connectivity index is 1.78. The number of unbranched alkanes of at least 4 members (excludes halogenated alkanes) is 1. The highest BCUT2D eigenvalue weighted by molar-refractivity contribution is 5.94. The average molecular weight is 264 g/mol. The maximum atomic E-state index is 12.1. The molecule has 1 saturated carbocycles. The van der Waals surface area contributed by atoms with Crippen molar-refractivity contribution in [1.82, 2.24) is 10.2 Å². The maximum absolute atomic E-state index is 12.1. The van der Waals surface area contributed by atoms with Gasteiger partial charge in [0, 0.05) is 5.92 Å². The van der Waals surface area contributed by atoms with E-state index in [4.69, 9.17) is 5.73 Å². The molecule has 5 heteroatoms. The van der Waals surface area contributed by atoms with E-state index in [2.05, 4.69) is 22.4 Å². The van der Waals surface area contributed by atoms with Crippen molar-refractivity contribution in [3.8, 4) is 0 Å². The van der Waals surface area contributed by atoms with E-state index in [9.17, 15) is 4.79 Å². The first-order chi connectivity index (χ1) is 9.20. The minimum absolute atomic E-state index is 0.0740. The third-order valence-electron chi connectivity index (χ3n) is 4.10. The molecular formula is C14H24N4O. The van der Waals surface area contributed by atoms with E-state index < -0.39 is 0 Å². The number of carbonyl (C=O) groups is 1. The number of amides is 1. The Bertz CT molecular complexity index is 407. The van der Waals surface area contributed by atoms with E-state index in [0.717, 1.165) is 18.8 Å². The third kappa shape index (κ3) is 3.72. The second kappa shape index (κ2) is 6.59. The molecule has 1 aromatic heterocycles. The van der Waals surface area contributed by atoms with Gasteiger partial charge in [-0.05, 0) is 31.6 Å². The molecule has 1 aliphatic rings. The molecule has 0 atom stereocenters. The third-order valence-corrected chi connectivity index (χ3v) is 4.10. The summed E-state index contributed by atoms with van der Waals surface area (Å²) < 4.78 is 0. The fourth-order valence-electron chi connectivity index (χ4n) is 2.83. The summed E-state index contributed by atoms with van der Waals surface area (Å²) in [4.78, 5) is 12.1. The van der Waals surface area contributed by atoms with Gasteiger partial charge >= 0.3 is 0 Å². The topological polar surface area (TPSA) is 83.8 Å². The van der Waals surface area contributed by atoms with Crippen LogP contribution in [-0.4, -0.2) is 16.1 Å². The van der Waals surface area contributed by atoms with Crippen LogP contribution in [0.2, 0.25) is 0 Å². The number of aromatic amines is 1. The molecule has 0 bridgehead atoms. The number of nitrogens with two attached hydrogens (primary N) is 1. The van der Waals surface area contributed by atoms with Crippen LogP contribution in [0.15, 0.2) is 6.20 Å². The molecular weight excluding hydrogens is 240 g/mol. The molecule has 0 aliphatic heterocycles. The van der Waals surface area contributed by atoms with Gasteiger partial charge in [0.05, 0.1) is 11.9 Å². The van der Waals surface area contributed by atoms with E-state index in [-0.39, 0.29) is 11.8 Å². The van der Waals surface area contributed by atoms with Gasteiger partial charge in [0.15, 0.2) is 5.82 Å². The van der Waals surface area contributed by atoms with Crippen molar-refractivity contribution in [2.75, 3.05) is 11.1 Å². The molecule has 106 valence electrons. The smallest absolute Gasteiger partial charge is 0.228 e. The van der Waals surface area contributed by atoms with Crippen molar-refractivity contribution < 1.29 is 4.79 Å². The zero-order valence-electron chi connectivity index (χ0n) is 11.6. The quantitative estimate of drug-likeness (QED) is 0.764. The van der Waals surface area contributed by atoms with Crippen molar-refractivity contribution in [1.29, 1.82) is 0 Å². The standard InChI is InChI=1S/C14H24N4O/c1-2-3-4-10-5-7-11(8-6-10)14(19)17-13-12(15)9-16-18-13/h9-11H,2-8,15H2,1H3,(H2,16,17,18,19). The summed E-state index contributed by atoms with van der Waals surface area (Å²) in [7, 11) is 0. The number of H-pyrrole nitrogens is 1. The molecule has 1 aliphatic carbocycles. The molecule has 19 heavy (non-hydrogen) atoms. The fraction of sp³-hybridized carbons (Fsp3) is 0.714. The van der Waals surface area contributed by atoms with Crippen LogP contribution in [0.1, 0.15) is 51.9 Å². The molecule has 0 radical (unpaired) electrons. The molecule has 2 rings (SSSR count). The largest absolute Gasteiger partial charge is 0.394 e. The number of nitrogens with zero attached hydrogens (tertiary/aromatic N) is 1. The Morgan fingerprint density at radius 3 is 2.79 bits per heavy atom. The normalized spacial score (nSPS) is 23.2. The van der Waals surface area contributed by atoms with Gasteiger partial charge < -0.3 is 11.1 Å². The number of anilines is 2. The minimum atomic E-state index is 0.0740. The van der Waals surface area contributed by atoms with Crippen LogP contribution in [0.5, 0.6) is 0 Å². The van der Waals surface area contributed by atoms with Crippen LogP contribution in [-0.2, 0) is 4.79 Å². The van der Waals surface area contributed by atoms with E-state index in [0.29, 0.717) is 11.5 Å². The van der Waals surface area contributed by atoms with E-state index in [1.807, 2.05) is 0 Å². The summed E-state index contributed by atoms with van der Waals surface area (Å²) in [6, 6.07) is 0. The van der Waals surface area contributed by atoms with Crippen molar-refractivity contribution in [2.24, 2.45) is 11.8 Å². The molecule has 0 aromatic carbocycles. The molecule has 5 nitrogen and oxygen atoms in total. The second-order valence-corrected chi connectivity index (χ2v) is 5.55. The van der Waals surface area contributed by atoms with Gasteiger partial charge in [-0.15, -0.1) is 0 Å². The molecule has 4 N–H and O–H groups in total. The number of nitrogen functional groups attached to an aromatic ring is 1. The van der Waals surface area contributed by atoms with E-state index in [1.54, 1.807) is 0 Å². The van der Waals surface area contributed by atoms with Gasteiger partial charge in [-0.1, -0.05) is 26.2 Å². The SMILES string of the molecule is CCCCC1CCC(C(=O)Nc2[nH]ncc2N)CC1. The molecule has 0 saturated heterocycles. The number of nitrogens with one attached hydrogen (secondary N) is 2. The summed E-state index contributed by atoms with van der Waals surface area (Å²) in [5.41, 5.74) is 6.18. The number of hydrogen-bond donors (Lipinski definition) is 3. The first-order valence-electron chi connectivity index (χ1n) is 7.30. The van der Waals surface area contributed by atoms with Crippen LogP contribution in [0.25, 0.3) is 0 Å². The highest BCUT2D eigenvalue weighted by atomic mass is 16.2. The van der Waals surface area contributed by atoms with Crippen molar-refractivity contribution >= 4 is 17.4 Å². The average Bonchev–Trinajstić information content (AvgIpc) is 2.82. The van der Waals surface area contributed by atoms with Gasteiger partial charge in [-0.25, -0.2) is 0 Å². The number of hydrogen-bond acceptors (Lipinski definition) is 3. The van der Waals surface area contributed by atoms with Gasteiger partial charge in [-0.2, -0.15) is 5.10 Å². The fourth-order valence-corrected chi connectivity index (χ4v) is 2.83. The van der Waals surface area contributed by atoms with Gasteiger partial charge in [0.25, 0.3) is 0 Å². The lowest BCUT2D eigenvalue weighted by Crippen LogP contribution is -2.27. The summed E-state index contributed by atoms with van der Waals surface area (Å²) in [5, 5.41) is 9.34. The van der Waals surface area contributed by atoms with E-state index in [1.165, 1.54) is 38.3 Å². The first kappa shape index (κ1) is 13.9. The lowest BCUT2D eigenvalue weighted by atomic mass is 9.79. The highest BCUT2D eigenvalue weighted by Crippen LogP contribution is 2.32. The van der Waals surface area contributed by atoms with Crippen LogP contribution in [0, 0.1) is 11.8 Å². The molecule has 1 amide bonds. The van der Waals surface area contributed by atoms with Crippen LogP contribution in [0.3, 0.4) is 0 Å². The predicted octanol–water partition coefficient (Wildman–Crippen LogP) is 2.93. The van der Waals surface area contributed by atoms with Crippen LogP contribution >= 0.6 is 0 Å². The highest BCUT2D eigenvalue weighted by Gasteiger charge is 2.26. The lowest BCUT2D eigenvalue weighted by molar-refractivity contribution is -0.121. The van der Waals surface area contributed by atoms with Crippen molar-refractivity contribution in [3.63, 3.8) is 0 Å². The Labute approximate surface area is 114 Å². The van der Waals surface area contributed by atoms with Crippen LogP contribution < -0.4 is 11.1 Å². The van der Waals surface area contributed by atoms with Gasteiger partial charge in [0.2, 0.25) is 5.91 Å². The monoisotopic (exact) mass is 264 g/mol. The number of aromatic nitrogens is 2. The molecule has 1 fully saturated rings. The Morgan fingerprint density at radius 1 is 1.47 bits per heavy atom. The summed E-state index contributed by atoms with van der Waals surface area (Å²) in [6.45, 7) is 2.23. The Kier molecular flexibility index (Phi) is 4.82. The van der Waals surface area contributed by atoms with Gasteiger partial charge in [0.1, 0.15) is 0 Å². The predicted molar refractivity (Wildman–Crippen MR) is 76.6 cm³/mol. The summed E-state index contributed by atoms with van der Waals surface area (Å²) in [6.07, 6.45) is 9.75. The molecule has 1 aromatic rings. The Hall–Kier alpha value is -1.52. The number of rotatable bonds is 5. The first-order valence-corrected chi connectivity index (χ1v) is 7.30. The van der Waals surface area contributed by atoms with Crippen LogP contribution in [0.4, 0.5) is 11.5 Å². The summed E-state index contributed by atoms with van der Waals surface area (Å²) in [5.74, 6) is 1.55. The minimum Gasteiger partial charge on any atom is -0.394 e. The second-order valence-electron chi connectivity index (χ2n) is 5.55. The van der Waals surface area contributed by atoms with Gasteiger partial charge in [-0.3, -0.25) is 9.89 Å². The molecule has 1 heterocycles.